The first-order chi connectivity index (χ1) is 12.0. The van der Waals surface area contributed by atoms with Crippen molar-refractivity contribution in [1.29, 1.82) is 0 Å². The Kier molecular flexibility index (Phi) is 9.07. The van der Waals surface area contributed by atoms with Crippen LogP contribution in [0.2, 0.25) is 0 Å². The molecule has 5 nitrogen and oxygen atoms in total. The molecular formula is C20H28N2O3. The third kappa shape index (κ3) is 7.25. The van der Waals surface area contributed by atoms with Gasteiger partial charge in [-0.25, -0.2) is 0 Å². The number of hydrogen-bond donors (Lipinski definition) is 1. The zero-order valence-electron chi connectivity index (χ0n) is 15.8. The smallest absolute Gasteiger partial charge is 0.273 e. The molecular weight excluding hydrogens is 316 g/mol. The molecule has 0 spiro atoms. The van der Waals surface area contributed by atoms with Crippen molar-refractivity contribution >= 4 is 11.6 Å². The van der Waals surface area contributed by atoms with Crippen LogP contribution in [0, 0.1) is 0 Å². The summed E-state index contributed by atoms with van der Waals surface area (Å²) in [5.74, 6) is 0.265. The summed E-state index contributed by atoms with van der Waals surface area (Å²) in [4.78, 5) is 16.8. The van der Waals surface area contributed by atoms with Crippen molar-refractivity contribution in [1.82, 2.24) is 5.32 Å². The quantitative estimate of drug-likeness (QED) is 0.420. The highest BCUT2D eigenvalue weighted by atomic mass is 16.6. The Hall–Kier alpha value is -2.56. The lowest BCUT2D eigenvalue weighted by Crippen LogP contribution is -2.29. The fourth-order valence-corrected chi connectivity index (χ4v) is 2.18. The van der Waals surface area contributed by atoms with E-state index in [1.165, 1.54) is 18.3 Å². The Bertz CT molecular complexity index is 657. The van der Waals surface area contributed by atoms with Gasteiger partial charge in [-0.3, -0.25) is 4.79 Å². The molecule has 0 aliphatic heterocycles. The second-order valence-corrected chi connectivity index (χ2v) is 5.88. The lowest BCUT2D eigenvalue weighted by atomic mass is 10.1. The number of likely N-dealkylation sites (N-methyl/N-ethyl adjacent to an activating group) is 1. The van der Waals surface area contributed by atoms with Crippen LogP contribution < -0.4 is 10.1 Å². The van der Waals surface area contributed by atoms with Gasteiger partial charge in [-0.05, 0) is 51.8 Å². The molecule has 0 heterocycles. The zero-order valence-corrected chi connectivity index (χ0v) is 15.8. The summed E-state index contributed by atoms with van der Waals surface area (Å²) in [6, 6.07) is 7.29. The Morgan fingerprint density at radius 3 is 2.56 bits per heavy atom. The minimum atomic E-state index is -0.327. The lowest BCUT2D eigenvalue weighted by molar-refractivity contribution is -0.114. The van der Waals surface area contributed by atoms with Crippen molar-refractivity contribution in [3.8, 4) is 5.75 Å². The van der Waals surface area contributed by atoms with Crippen LogP contribution in [0.1, 0.15) is 39.2 Å². The first kappa shape index (κ1) is 20.5. The molecule has 5 heteroatoms. The minimum Gasteiger partial charge on any atom is -0.489 e. The number of nitrogens with zero attached hydrogens (tertiary/aromatic N) is 1. The van der Waals surface area contributed by atoms with E-state index in [9.17, 15) is 4.79 Å². The third-order valence-electron chi connectivity index (χ3n) is 3.53. The SMILES string of the molecule is CNC(=O)C(=NOC)c1ccccc1OCC=C(C)CCC=C(C)C. The molecule has 0 fully saturated rings. The van der Waals surface area contributed by atoms with Crippen molar-refractivity contribution in [2.75, 3.05) is 20.8 Å². The van der Waals surface area contributed by atoms with Gasteiger partial charge in [-0.1, -0.05) is 34.5 Å². The Labute approximate surface area is 150 Å². The molecule has 1 rings (SSSR count). The van der Waals surface area contributed by atoms with E-state index in [1.807, 2.05) is 18.2 Å². The van der Waals surface area contributed by atoms with Crippen molar-refractivity contribution in [3.63, 3.8) is 0 Å². The van der Waals surface area contributed by atoms with E-state index in [-0.39, 0.29) is 11.6 Å². The van der Waals surface area contributed by atoms with Gasteiger partial charge in [0.05, 0.1) is 5.56 Å². The van der Waals surface area contributed by atoms with Gasteiger partial charge in [0.15, 0.2) is 5.71 Å². The molecule has 0 saturated heterocycles. The molecule has 1 N–H and O–H groups in total. The Balaban J connectivity index is 2.82. The number of hydrogen-bond acceptors (Lipinski definition) is 4. The number of benzene rings is 1. The van der Waals surface area contributed by atoms with Gasteiger partial charge in [0.25, 0.3) is 5.91 Å². The number of amides is 1. The molecule has 0 aliphatic carbocycles. The number of allylic oxidation sites excluding steroid dienone is 3. The van der Waals surface area contributed by atoms with Crippen LogP contribution in [0.15, 0.2) is 52.7 Å². The maximum atomic E-state index is 12.0. The van der Waals surface area contributed by atoms with E-state index in [2.05, 4.69) is 43.4 Å². The molecule has 1 amide bonds. The molecule has 0 radical (unpaired) electrons. The van der Waals surface area contributed by atoms with Crippen LogP contribution in [0.4, 0.5) is 0 Å². The van der Waals surface area contributed by atoms with Crippen molar-refractivity contribution < 1.29 is 14.4 Å². The van der Waals surface area contributed by atoms with Crippen LogP contribution >= 0.6 is 0 Å². The predicted octanol–water partition coefficient (Wildman–Crippen LogP) is 3.85. The molecule has 25 heavy (non-hydrogen) atoms. The zero-order chi connectivity index (χ0) is 18.7. The average Bonchev–Trinajstić information content (AvgIpc) is 2.59. The molecule has 0 atom stereocenters. The largest absolute Gasteiger partial charge is 0.489 e. The number of carbonyl (C=O) groups excluding carboxylic acids is 1. The highest BCUT2D eigenvalue weighted by molar-refractivity contribution is 6.45. The van der Waals surface area contributed by atoms with E-state index in [4.69, 9.17) is 9.57 Å². The first-order valence-electron chi connectivity index (χ1n) is 8.34. The summed E-state index contributed by atoms with van der Waals surface area (Å²) in [5.41, 5.74) is 3.38. The number of rotatable bonds is 9. The van der Waals surface area contributed by atoms with Gasteiger partial charge in [-0.15, -0.1) is 0 Å². The fourth-order valence-electron chi connectivity index (χ4n) is 2.18. The second-order valence-electron chi connectivity index (χ2n) is 5.88. The van der Waals surface area contributed by atoms with Crippen LogP contribution in [-0.2, 0) is 9.63 Å². The van der Waals surface area contributed by atoms with Crippen LogP contribution in [0.5, 0.6) is 5.75 Å². The van der Waals surface area contributed by atoms with Gasteiger partial charge in [0.1, 0.15) is 19.5 Å². The maximum absolute atomic E-state index is 12.0. The molecule has 0 saturated carbocycles. The predicted molar refractivity (Wildman–Crippen MR) is 102 cm³/mol. The van der Waals surface area contributed by atoms with E-state index in [0.717, 1.165) is 12.8 Å². The van der Waals surface area contributed by atoms with Gasteiger partial charge < -0.3 is 14.9 Å². The molecule has 0 unspecified atom stereocenters. The first-order valence-corrected chi connectivity index (χ1v) is 8.34. The summed E-state index contributed by atoms with van der Waals surface area (Å²) in [6.07, 6.45) is 6.32. The van der Waals surface area contributed by atoms with E-state index in [0.29, 0.717) is 17.9 Å². The highest BCUT2D eigenvalue weighted by Crippen LogP contribution is 2.20. The summed E-state index contributed by atoms with van der Waals surface area (Å²) >= 11 is 0. The summed E-state index contributed by atoms with van der Waals surface area (Å²) in [7, 11) is 2.96. The monoisotopic (exact) mass is 344 g/mol. The summed E-state index contributed by atoms with van der Waals surface area (Å²) < 4.78 is 5.85. The van der Waals surface area contributed by atoms with E-state index in [1.54, 1.807) is 13.1 Å². The van der Waals surface area contributed by atoms with E-state index < -0.39 is 0 Å². The highest BCUT2D eigenvalue weighted by Gasteiger charge is 2.17. The van der Waals surface area contributed by atoms with Gasteiger partial charge in [-0.2, -0.15) is 0 Å². The van der Waals surface area contributed by atoms with Crippen molar-refractivity contribution in [2.45, 2.75) is 33.6 Å². The van der Waals surface area contributed by atoms with Crippen molar-refractivity contribution in [2.24, 2.45) is 5.16 Å². The Morgan fingerprint density at radius 1 is 1.20 bits per heavy atom. The van der Waals surface area contributed by atoms with Gasteiger partial charge in [0, 0.05) is 7.05 Å². The molecule has 0 bridgehead atoms. The number of para-hydroxylation sites is 1. The average molecular weight is 344 g/mol. The van der Waals surface area contributed by atoms with Crippen LogP contribution in [0.3, 0.4) is 0 Å². The molecule has 1 aromatic carbocycles. The summed E-state index contributed by atoms with van der Waals surface area (Å²) in [5, 5.41) is 6.39. The standard InChI is InChI=1S/C20H28N2O3/c1-15(2)9-8-10-16(3)13-14-25-18-12-7-6-11-17(18)19(22-24-5)20(23)21-4/h6-7,9,11-13H,8,10,14H2,1-5H3,(H,21,23). The van der Waals surface area contributed by atoms with Crippen LogP contribution in [-0.4, -0.2) is 32.4 Å². The van der Waals surface area contributed by atoms with Gasteiger partial charge >= 0.3 is 0 Å². The number of oxime groups is 1. The molecule has 1 aromatic rings. The van der Waals surface area contributed by atoms with Crippen molar-refractivity contribution in [3.05, 3.63) is 53.1 Å². The normalized spacial score (nSPS) is 11.7. The molecule has 136 valence electrons. The topological polar surface area (TPSA) is 59.9 Å². The minimum absolute atomic E-state index is 0.185. The number of carbonyl (C=O) groups is 1. The molecule has 0 aromatic heterocycles. The number of nitrogens with one attached hydrogen (secondary N) is 1. The number of ether oxygens (including phenoxy) is 1. The van der Waals surface area contributed by atoms with Crippen LogP contribution in [0.25, 0.3) is 0 Å². The molecule has 0 aliphatic rings. The van der Waals surface area contributed by atoms with E-state index >= 15 is 0 Å². The maximum Gasteiger partial charge on any atom is 0.273 e. The Morgan fingerprint density at radius 2 is 1.92 bits per heavy atom. The third-order valence-corrected chi connectivity index (χ3v) is 3.53. The second kappa shape index (κ2) is 11.1. The summed E-state index contributed by atoms with van der Waals surface area (Å²) in [6.45, 7) is 6.73. The lowest BCUT2D eigenvalue weighted by Gasteiger charge is -2.11. The van der Waals surface area contributed by atoms with Gasteiger partial charge in [0.2, 0.25) is 0 Å². The fraction of sp³-hybridized carbons (Fsp3) is 0.400.